The van der Waals surface area contributed by atoms with Crippen LogP contribution in [0.15, 0.2) is 53.1 Å². The largest absolute Gasteiger partial charge is 0.356 e. The molecule has 164 valence electrons. The highest BCUT2D eigenvalue weighted by Crippen LogP contribution is 2.36. The summed E-state index contributed by atoms with van der Waals surface area (Å²) in [4.78, 5) is 12.9. The van der Waals surface area contributed by atoms with E-state index in [-0.39, 0.29) is 18.5 Å². The molecule has 0 saturated carbocycles. The van der Waals surface area contributed by atoms with E-state index in [0.29, 0.717) is 38.3 Å². The van der Waals surface area contributed by atoms with Crippen LogP contribution in [0.4, 0.5) is 5.69 Å². The average molecular weight is 501 g/mol. The van der Waals surface area contributed by atoms with Gasteiger partial charge in [0.15, 0.2) is 10.6 Å². The molecule has 1 aromatic heterocycles. The Morgan fingerprint density at radius 1 is 1.10 bits per heavy atom. The van der Waals surface area contributed by atoms with Crippen molar-refractivity contribution in [3.8, 4) is 22.6 Å². The van der Waals surface area contributed by atoms with E-state index in [9.17, 15) is 4.79 Å². The van der Waals surface area contributed by atoms with Gasteiger partial charge in [-0.05, 0) is 30.2 Å². The third kappa shape index (κ3) is 5.54. The van der Waals surface area contributed by atoms with Gasteiger partial charge in [-0.1, -0.05) is 83.6 Å². The van der Waals surface area contributed by atoms with Crippen molar-refractivity contribution in [1.29, 1.82) is 0 Å². The zero-order chi connectivity index (χ0) is 22.7. The Kier molecular flexibility index (Phi) is 7.89. The van der Waals surface area contributed by atoms with Gasteiger partial charge >= 0.3 is 0 Å². The minimum Gasteiger partial charge on any atom is -0.356 e. The van der Waals surface area contributed by atoms with Gasteiger partial charge in [0.1, 0.15) is 5.69 Å². The highest BCUT2D eigenvalue weighted by atomic mass is 35.5. The summed E-state index contributed by atoms with van der Waals surface area (Å²) in [5.74, 6) is 0.208. The van der Waals surface area contributed by atoms with E-state index in [0.717, 1.165) is 0 Å². The van der Waals surface area contributed by atoms with Crippen LogP contribution < -0.4 is 10.6 Å². The van der Waals surface area contributed by atoms with Gasteiger partial charge in [0, 0.05) is 35.5 Å². The second-order valence-electron chi connectivity index (χ2n) is 7.38. The number of halogens is 4. The van der Waals surface area contributed by atoms with Crippen LogP contribution >= 0.6 is 46.4 Å². The summed E-state index contributed by atoms with van der Waals surface area (Å²) in [6, 6.07) is 13.9. The van der Waals surface area contributed by atoms with Crippen molar-refractivity contribution < 1.29 is 9.32 Å². The average Bonchev–Trinajstić information content (AvgIpc) is 3.21. The summed E-state index contributed by atoms with van der Waals surface area (Å²) in [5, 5.41) is 5.04. The van der Waals surface area contributed by atoms with Crippen molar-refractivity contribution in [1.82, 2.24) is 5.16 Å². The molecule has 1 unspecified atom stereocenters. The smallest absolute Gasteiger partial charge is 0.260 e. The van der Waals surface area contributed by atoms with Crippen LogP contribution in [0.1, 0.15) is 13.8 Å². The molecule has 0 bridgehead atoms. The lowest BCUT2D eigenvalue weighted by molar-refractivity contribution is -0.117. The van der Waals surface area contributed by atoms with E-state index in [1.165, 1.54) is 4.90 Å². The van der Waals surface area contributed by atoms with Crippen molar-refractivity contribution in [2.45, 2.75) is 24.7 Å². The third-order valence-corrected chi connectivity index (χ3v) is 5.88. The lowest BCUT2D eigenvalue weighted by Gasteiger charge is -2.28. The molecule has 2 aromatic carbocycles. The molecule has 1 atom stereocenters. The normalized spacial score (nSPS) is 12.4. The molecule has 0 aliphatic rings. The van der Waals surface area contributed by atoms with E-state index < -0.39 is 10.7 Å². The van der Waals surface area contributed by atoms with Crippen LogP contribution in [0, 0.1) is 5.92 Å². The topological polar surface area (TPSA) is 72.4 Å². The molecular weight excluding hydrogens is 480 g/mol. The first-order valence-corrected chi connectivity index (χ1v) is 11.2. The molecule has 31 heavy (non-hydrogen) atoms. The van der Waals surface area contributed by atoms with Gasteiger partial charge < -0.3 is 15.2 Å². The fraction of sp³-hybridized carbons (Fsp3) is 0.273. The summed E-state index contributed by atoms with van der Waals surface area (Å²) in [6.07, 6.45) is 0. The van der Waals surface area contributed by atoms with Gasteiger partial charge in [-0.25, -0.2) is 0 Å². The lowest BCUT2D eigenvalue weighted by Crippen LogP contribution is -2.45. The number of carbonyl (C=O) groups excluding carboxylic acids is 1. The van der Waals surface area contributed by atoms with E-state index in [1.807, 2.05) is 19.9 Å². The number of hydrogen-bond acceptors (Lipinski definition) is 4. The molecule has 3 aromatic rings. The number of alkyl halides is 2. The monoisotopic (exact) mass is 499 g/mol. The number of aromatic nitrogens is 1. The van der Waals surface area contributed by atoms with E-state index in [4.69, 9.17) is 56.7 Å². The zero-order valence-corrected chi connectivity index (χ0v) is 19.9. The second kappa shape index (κ2) is 10.2. The molecule has 5 nitrogen and oxygen atoms in total. The Morgan fingerprint density at radius 3 is 2.35 bits per heavy atom. The third-order valence-electron chi connectivity index (χ3n) is 4.87. The van der Waals surface area contributed by atoms with Crippen LogP contribution in [0.5, 0.6) is 0 Å². The first kappa shape index (κ1) is 23.9. The Labute approximate surface area is 201 Å². The van der Waals surface area contributed by atoms with Gasteiger partial charge in [-0.3, -0.25) is 4.79 Å². The summed E-state index contributed by atoms with van der Waals surface area (Å²) >= 11 is 24.3. The summed E-state index contributed by atoms with van der Waals surface area (Å²) < 4.78 is 5.53. The maximum Gasteiger partial charge on any atom is 0.260 e. The quantitative estimate of drug-likeness (QED) is 0.379. The molecule has 0 radical (unpaired) electrons. The second-order valence-corrected chi connectivity index (χ2v) is 9.29. The Bertz CT molecular complexity index is 1050. The van der Waals surface area contributed by atoms with E-state index in [2.05, 4.69) is 5.16 Å². The molecule has 1 amide bonds. The van der Waals surface area contributed by atoms with Gasteiger partial charge in [-0.2, -0.15) is 0 Å². The summed E-state index contributed by atoms with van der Waals surface area (Å²) in [7, 11) is 0. The Morgan fingerprint density at radius 2 is 1.74 bits per heavy atom. The number of hydrogen-bond donors (Lipinski definition) is 1. The number of nitrogens with zero attached hydrogens (tertiary/aromatic N) is 2. The first-order chi connectivity index (χ1) is 14.7. The minimum atomic E-state index is -1.21. The number of anilines is 1. The van der Waals surface area contributed by atoms with E-state index >= 15 is 0 Å². The predicted octanol–water partition coefficient (Wildman–Crippen LogP) is 6.44. The molecule has 0 fully saturated rings. The van der Waals surface area contributed by atoms with Crippen molar-refractivity contribution in [3.63, 3.8) is 0 Å². The summed E-state index contributed by atoms with van der Waals surface area (Å²) in [5.41, 5.74) is 8.60. The fourth-order valence-electron chi connectivity index (χ4n) is 2.96. The van der Waals surface area contributed by atoms with Crippen molar-refractivity contribution in [2.75, 3.05) is 11.4 Å². The zero-order valence-electron chi connectivity index (χ0n) is 16.9. The molecule has 3 rings (SSSR count). The molecule has 9 heteroatoms. The molecule has 0 aliphatic carbocycles. The van der Waals surface area contributed by atoms with Crippen LogP contribution in [0.2, 0.25) is 10.0 Å². The fourth-order valence-corrected chi connectivity index (χ4v) is 3.79. The predicted molar refractivity (Wildman–Crippen MR) is 128 cm³/mol. The molecule has 0 saturated heterocycles. The molecular formula is C22H21Cl4N3O2. The van der Waals surface area contributed by atoms with Crippen LogP contribution in [0.3, 0.4) is 0 Å². The van der Waals surface area contributed by atoms with Crippen molar-refractivity contribution in [2.24, 2.45) is 11.7 Å². The number of rotatable bonds is 7. The van der Waals surface area contributed by atoms with Gasteiger partial charge in [0.2, 0.25) is 0 Å². The number of amides is 1. The Balaban J connectivity index is 1.97. The molecule has 1 heterocycles. The van der Waals surface area contributed by atoms with Gasteiger partial charge in [0.25, 0.3) is 5.91 Å². The van der Waals surface area contributed by atoms with Crippen LogP contribution in [-0.4, -0.2) is 28.5 Å². The lowest BCUT2D eigenvalue weighted by atomic mass is 10.0. The maximum atomic E-state index is 12.7. The molecule has 2 N–H and O–H groups in total. The highest BCUT2D eigenvalue weighted by Gasteiger charge is 2.25. The maximum absolute atomic E-state index is 12.7. The first-order valence-electron chi connectivity index (χ1n) is 9.55. The van der Waals surface area contributed by atoms with Crippen molar-refractivity contribution in [3.05, 3.63) is 58.6 Å². The van der Waals surface area contributed by atoms with Gasteiger partial charge in [-0.15, -0.1) is 0 Å². The standard InChI is InChI=1S/C22H21Cl4N3O2/c1-12(2)17(27)11-29(22(30)21(25)26)14-6-3-5-13(9-14)19-10-18(28-31-19)20-15(23)7-4-8-16(20)24/h3-10,12,17,21H,11,27H2,1-2H3. The minimum absolute atomic E-state index is 0.166. The Hall–Kier alpha value is -1.76. The van der Waals surface area contributed by atoms with Crippen LogP contribution in [-0.2, 0) is 4.79 Å². The number of benzene rings is 2. The summed E-state index contributed by atoms with van der Waals surface area (Å²) in [6.45, 7) is 4.24. The van der Waals surface area contributed by atoms with Gasteiger partial charge in [0.05, 0.1) is 10.0 Å². The number of nitrogens with two attached hydrogens (primary N) is 1. The number of carbonyl (C=O) groups is 1. The highest BCUT2D eigenvalue weighted by molar-refractivity contribution is 6.54. The molecule has 0 aliphatic heterocycles. The van der Waals surface area contributed by atoms with Crippen LogP contribution in [0.25, 0.3) is 22.6 Å². The van der Waals surface area contributed by atoms with E-state index in [1.54, 1.807) is 42.5 Å². The SMILES string of the molecule is CC(C)C(N)CN(C(=O)C(Cl)Cl)c1cccc(-c2cc(-c3c(Cl)cccc3Cl)no2)c1. The molecule has 0 spiro atoms. The van der Waals surface area contributed by atoms with Crippen molar-refractivity contribution >= 4 is 58.0 Å².